The first kappa shape index (κ1) is 20.2. The summed E-state index contributed by atoms with van der Waals surface area (Å²) in [6.07, 6.45) is 0.177. The van der Waals surface area contributed by atoms with E-state index in [9.17, 15) is 13.6 Å². The van der Waals surface area contributed by atoms with Crippen LogP contribution >= 0.6 is 0 Å². The maximum absolute atomic E-state index is 14.0. The molecule has 0 aromatic heterocycles. The average Bonchev–Trinajstić information content (AvgIpc) is 2.59. The third-order valence-corrected chi connectivity index (χ3v) is 2.73. The Morgan fingerprint density at radius 2 is 1.50 bits per heavy atom. The highest BCUT2D eigenvalue weighted by atomic mass is 19.2. The van der Waals surface area contributed by atoms with E-state index < -0.39 is 22.9 Å². The molecule has 0 bridgehead atoms. The van der Waals surface area contributed by atoms with Crippen LogP contribution in [0.5, 0.6) is 11.5 Å². The number of methoxy groups -OCH3 is 2. The van der Waals surface area contributed by atoms with Gasteiger partial charge in [-0.05, 0) is 6.07 Å². The molecule has 0 atom stereocenters. The zero-order valence-corrected chi connectivity index (χ0v) is 13.5. The van der Waals surface area contributed by atoms with Crippen LogP contribution in [0.2, 0.25) is 0 Å². The lowest BCUT2D eigenvalue weighted by atomic mass is 10.2. The number of halogens is 2. The van der Waals surface area contributed by atoms with E-state index >= 15 is 0 Å². The summed E-state index contributed by atoms with van der Waals surface area (Å²) in [6, 6.07) is 1.02. The number of aldehydes is 1. The Labute approximate surface area is 138 Å². The normalized spacial score (nSPS) is 10.7. The average molecular weight is 350 g/mol. The summed E-state index contributed by atoms with van der Waals surface area (Å²) in [5.41, 5.74) is -0.493. The van der Waals surface area contributed by atoms with Gasteiger partial charge < -0.3 is 28.4 Å². The lowest BCUT2D eigenvalue weighted by Gasteiger charge is -2.15. The van der Waals surface area contributed by atoms with Gasteiger partial charge in [0.25, 0.3) is 0 Å². The molecule has 24 heavy (non-hydrogen) atoms. The largest absolute Gasteiger partial charge is 0.464 e. The van der Waals surface area contributed by atoms with Crippen LogP contribution < -0.4 is 9.47 Å². The third kappa shape index (κ3) is 6.36. The second-order valence-corrected chi connectivity index (χ2v) is 4.37. The van der Waals surface area contributed by atoms with Gasteiger partial charge in [0.15, 0.2) is 31.4 Å². The van der Waals surface area contributed by atoms with Crippen molar-refractivity contribution in [2.75, 3.05) is 54.2 Å². The van der Waals surface area contributed by atoms with E-state index in [1.54, 1.807) is 0 Å². The molecule has 0 aliphatic rings. The predicted octanol–water partition coefficient (Wildman–Crippen LogP) is 1.78. The molecule has 0 amide bonds. The lowest BCUT2D eigenvalue weighted by molar-refractivity contribution is -0.0223. The van der Waals surface area contributed by atoms with Gasteiger partial charge in [0, 0.05) is 14.2 Å². The van der Waals surface area contributed by atoms with Gasteiger partial charge in [0.1, 0.15) is 0 Å². The molecule has 0 heterocycles. The Morgan fingerprint density at radius 1 is 0.917 bits per heavy atom. The molecule has 0 N–H and O–H groups in total. The van der Waals surface area contributed by atoms with E-state index in [0.717, 1.165) is 6.07 Å². The van der Waals surface area contributed by atoms with Crippen LogP contribution in [-0.4, -0.2) is 60.5 Å². The molecule has 0 unspecified atom stereocenters. The van der Waals surface area contributed by atoms with Crippen molar-refractivity contribution in [2.24, 2.45) is 0 Å². The van der Waals surface area contributed by atoms with Crippen molar-refractivity contribution in [1.29, 1.82) is 0 Å². The van der Waals surface area contributed by atoms with E-state index in [2.05, 4.69) is 0 Å². The van der Waals surface area contributed by atoms with Crippen molar-refractivity contribution < 1.29 is 42.0 Å². The van der Waals surface area contributed by atoms with Gasteiger partial charge in [-0.3, -0.25) is 4.79 Å². The van der Waals surface area contributed by atoms with Crippen molar-refractivity contribution >= 4 is 6.29 Å². The number of hydrogen-bond donors (Lipinski definition) is 0. The monoisotopic (exact) mass is 350 g/mol. The highest BCUT2D eigenvalue weighted by Gasteiger charge is 2.21. The van der Waals surface area contributed by atoms with E-state index in [1.165, 1.54) is 14.2 Å². The third-order valence-electron chi connectivity index (χ3n) is 2.73. The molecule has 1 aromatic rings. The smallest absolute Gasteiger partial charge is 0.205 e. The second kappa shape index (κ2) is 11.7. The molecule has 1 aromatic carbocycles. The van der Waals surface area contributed by atoms with Crippen molar-refractivity contribution in [3.8, 4) is 11.5 Å². The van der Waals surface area contributed by atoms with Crippen LogP contribution in [0.1, 0.15) is 10.4 Å². The van der Waals surface area contributed by atoms with Crippen molar-refractivity contribution in [3.63, 3.8) is 0 Å². The number of carbonyl (C=O) groups excluding carboxylic acids is 1. The molecule has 9 heteroatoms. The number of rotatable bonds is 13. The molecule has 0 saturated carbocycles. The first-order chi connectivity index (χ1) is 11.7. The summed E-state index contributed by atoms with van der Waals surface area (Å²) in [6.45, 7) is 0.521. The van der Waals surface area contributed by atoms with Gasteiger partial charge in [0.2, 0.25) is 11.6 Å². The van der Waals surface area contributed by atoms with Crippen molar-refractivity contribution in [2.45, 2.75) is 0 Å². The van der Waals surface area contributed by atoms with Crippen LogP contribution in [0.15, 0.2) is 6.07 Å². The Bertz CT molecular complexity index is 511. The fourth-order valence-electron chi connectivity index (χ4n) is 1.54. The number of carbonyl (C=O) groups is 1. The van der Waals surface area contributed by atoms with Crippen LogP contribution in [0.25, 0.3) is 0 Å². The fraction of sp³-hybridized carbons (Fsp3) is 0.533. The summed E-state index contributed by atoms with van der Waals surface area (Å²) in [7, 11) is 3.00. The summed E-state index contributed by atoms with van der Waals surface area (Å²) in [4.78, 5) is 10.8. The zero-order chi connectivity index (χ0) is 17.8. The molecule has 1 rings (SSSR count). The molecule has 0 saturated heterocycles. The first-order valence-electron chi connectivity index (χ1n) is 7.01. The summed E-state index contributed by atoms with van der Waals surface area (Å²) in [5.74, 6) is -3.36. The molecular formula is C15H20F2O7. The Balaban J connectivity index is 2.76. The quantitative estimate of drug-likeness (QED) is 0.305. The van der Waals surface area contributed by atoms with Crippen LogP contribution in [0.3, 0.4) is 0 Å². The summed E-state index contributed by atoms with van der Waals surface area (Å²) < 4.78 is 57.7. The predicted molar refractivity (Wildman–Crippen MR) is 78.4 cm³/mol. The topological polar surface area (TPSA) is 72.5 Å². The SMILES string of the molecule is COCCOCOc1cc(C=O)c(F)c(F)c1OCOCCOC. The van der Waals surface area contributed by atoms with E-state index in [-0.39, 0.29) is 38.8 Å². The van der Waals surface area contributed by atoms with Gasteiger partial charge >= 0.3 is 0 Å². The Hall–Kier alpha value is -1.81. The molecule has 0 aliphatic heterocycles. The standard InChI is InChI=1S/C15H20F2O7/c1-19-3-5-21-9-23-12-7-11(8-18)13(16)14(17)15(12)24-10-22-6-4-20-2/h7-8H,3-6,9-10H2,1-2H3. The molecule has 136 valence electrons. The van der Waals surface area contributed by atoms with Crippen LogP contribution in [0.4, 0.5) is 8.78 Å². The summed E-state index contributed by atoms with van der Waals surface area (Å²) in [5, 5.41) is 0. The Morgan fingerprint density at radius 3 is 2.04 bits per heavy atom. The molecule has 0 fully saturated rings. The molecule has 7 nitrogen and oxygen atoms in total. The maximum atomic E-state index is 14.0. The van der Waals surface area contributed by atoms with Crippen molar-refractivity contribution in [1.82, 2.24) is 0 Å². The number of hydrogen-bond acceptors (Lipinski definition) is 7. The molecular weight excluding hydrogens is 330 g/mol. The van der Waals surface area contributed by atoms with Crippen molar-refractivity contribution in [3.05, 3.63) is 23.3 Å². The minimum Gasteiger partial charge on any atom is -0.464 e. The van der Waals surface area contributed by atoms with E-state index in [1.807, 2.05) is 0 Å². The number of benzene rings is 1. The minimum atomic E-state index is -1.35. The summed E-state index contributed by atoms with van der Waals surface area (Å²) >= 11 is 0. The number of ether oxygens (including phenoxy) is 6. The molecule has 0 spiro atoms. The van der Waals surface area contributed by atoms with Gasteiger partial charge in [0.05, 0.1) is 32.0 Å². The van der Waals surface area contributed by atoms with E-state index in [4.69, 9.17) is 28.4 Å². The highest BCUT2D eigenvalue weighted by Crippen LogP contribution is 2.34. The lowest BCUT2D eigenvalue weighted by Crippen LogP contribution is -2.12. The fourth-order valence-corrected chi connectivity index (χ4v) is 1.54. The first-order valence-corrected chi connectivity index (χ1v) is 7.01. The second-order valence-electron chi connectivity index (χ2n) is 4.37. The Kier molecular flexibility index (Phi) is 9.85. The highest BCUT2D eigenvalue weighted by molar-refractivity contribution is 5.77. The minimum absolute atomic E-state index is 0.177. The van der Waals surface area contributed by atoms with Gasteiger partial charge in [-0.1, -0.05) is 0 Å². The van der Waals surface area contributed by atoms with Gasteiger partial charge in [-0.2, -0.15) is 4.39 Å². The molecule has 0 radical (unpaired) electrons. The van der Waals surface area contributed by atoms with Crippen LogP contribution in [-0.2, 0) is 18.9 Å². The van der Waals surface area contributed by atoms with Gasteiger partial charge in [-0.25, -0.2) is 4.39 Å². The zero-order valence-electron chi connectivity index (χ0n) is 13.5. The van der Waals surface area contributed by atoms with E-state index in [0.29, 0.717) is 13.2 Å². The van der Waals surface area contributed by atoms with Gasteiger partial charge in [-0.15, -0.1) is 0 Å². The maximum Gasteiger partial charge on any atom is 0.205 e. The van der Waals surface area contributed by atoms with Crippen LogP contribution in [0, 0.1) is 11.6 Å². The molecule has 0 aliphatic carbocycles.